The monoisotopic (exact) mass is 507 g/mol. The van der Waals surface area contributed by atoms with Gasteiger partial charge in [0.05, 0.1) is 6.16 Å². The standard InChI is InChI=1S/C23H27NP.2BrH/c24-19-11-4-12-20-25(21-13-5-1-6-14-21,22-15-7-2-8-16-22)23-17-9-3-10-18-23;;/h1-3,5-10,13-18H,4,11-12,19-20,24H2;2*1H/q+1;;/p-1. The lowest BCUT2D eigenvalue weighted by atomic mass is 10.2. The van der Waals surface area contributed by atoms with Gasteiger partial charge in [0.2, 0.25) is 0 Å². The zero-order valence-corrected chi connectivity index (χ0v) is 19.7. The van der Waals surface area contributed by atoms with E-state index in [-0.39, 0.29) is 34.0 Å². The molecular weight excluding hydrogens is 481 g/mol. The first-order valence-corrected chi connectivity index (χ1v) is 11.1. The molecule has 27 heavy (non-hydrogen) atoms. The second kappa shape index (κ2) is 12.5. The molecule has 1 nitrogen and oxygen atoms in total. The summed E-state index contributed by atoms with van der Waals surface area (Å²) in [7, 11) is -1.63. The van der Waals surface area contributed by atoms with Gasteiger partial charge in [-0.25, -0.2) is 0 Å². The van der Waals surface area contributed by atoms with E-state index in [9.17, 15) is 0 Å². The molecular formula is C23H28Br2NP. The van der Waals surface area contributed by atoms with Gasteiger partial charge in [0.15, 0.2) is 0 Å². The predicted molar refractivity (Wildman–Crippen MR) is 123 cm³/mol. The number of hydrogen-bond donors (Lipinski definition) is 1. The van der Waals surface area contributed by atoms with Gasteiger partial charge in [-0.15, -0.1) is 17.0 Å². The van der Waals surface area contributed by atoms with E-state index in [1.807, 2.05) is 0 Å². The molecule has 0 radical (unpaired) electrons. The first kappa shape index (κ1) is 24.0. The first-order valence-electron chi connectivity index (χ1n) is 9.13. The van der Waals surface area contributed by atoms with Crippen molar-refractivity contribution in [1.82, 2.24) is 0 Å². The number of nitrogens with two attached hydrogens (primary N) is 1. The van der Waals surface area contributed by atoms with E-state index in [2.05, 4.69) is 91.0 Å². The lowest BCUT2D eigenvalue weighted by Gasteiger charge is -2.27. The molecule has 0 saturated heterocycles. The van der Waals surface area contributed by atoms with Gasteiger partial charge >= 0.3 is 0 Å². The Bertz CT molecular complexity index is 654. The van der Waals surface area contributed by atoms with Crippen LogP contribution in [0.3, 0.4) is 0 Å². The molecule has 0 bridgehead atoms. The van der Waals surface area contributed by atoms with Crippen LogP contribution in [0.25, 0.3) is 0 Å². The SMILES string of the molecule is Br.NCCCCC[P+](c1ccccc1)(c1ccccc1)c1ccccc1.[Br-]. The Morgan fingerprint density at radius 1 is 0.556 bits per heavy atom. The molecule has 4 heteroatoms. The van der Waals surface area contributed by atoms with Crippen molar-refractivity contribution < 1.29 is 17.0 Å². The molecule has 0 fully saturated rings. The molecule has 3 aromatic carbocycles. The molecule has 0 spiro atoms. The van der Waals surface area contributed by atoms with Crippen molar-refractivity contribution in [3.63, 3.8) is 0 Å². The number of benzene rings is 3. The summed E-state index contributed by atoms with van der Waals surface area (Å²) in [5, 5.41) is 4.42. The zero-order valence-electron chi connectivity index (χ0n) is 15.5. The molecule has 0 aliphatic heterocycles. The van der Waals surface area contributed by atoms with Crippen LogP contribution in [-0.2, 0) is 0 Å². The van der Waals surface area contributed by atoms with Gasteiger partial charge in [0.1, 0.15) is 23.2 Å². The highest BCUT2D eigenvalue weighted by Gasteiger charge is 2.44. The number of rotatable bonds is 8. The molecule has 0 unspecified atom stereocenters. The van der Waals surface area contributed by atoms with E-state index >= 15 is 0 Å². The molecule has 0 heterocycles. The second-order valence-corrected chi connectivity index (χ2v) is 10.0. The highest BCUT2D eigenvalue weighted by atomic mass is 79.9. The fourth-order valence-electron chi connectivity index (χ4n) is 3.55. The minimum Gasteiger partial charge on any atom is -1.00 e. The van der Waals surface area contributed by atoms with Crippen LogP contribution in [0.15, 0.2) is 91.0 Å². The Morgan fingerprint density at radius 3 is 1.26 bits per heavy atom. The maximum atomic E-state index is 5.72. The summed E-state index contributed by atoms with van der Waals surface area (Å²) in [6, 6.07) is 33.3. The minimum absolute atomic E-state index is 0. The van der Waals surface area contributed by atoms with Crippen molar-refractivity contribution in [2.45, 2.75) is 19.3 Å². The Kier molecular flexibility index (Phi) is 11.1. The van der Waals surface area contributed by atoms with Crippen LogP contribution >= 0.6 is 24.2 Å². The van der Waals surface area contributed by atoms with Crippen molar-refractivity contribution in [1.29, 1.82) is 0 Å². The third-order valence-corrected chi connectivity index (χ3v) is 9.31. The summed E-state index contributed by atoms with van der Waals surface area (Å²) < 4.78 is 0. The normalized spacial score (nSPS) is 10.6. The molecule has 3 aromatic rings. The maximum Gasteiger partial charge on any atom is 0.112 e. The molecule has 0 saturated carbocycles. The van der Waals surface area contributed by atoms with E-state index in [4.69, 9.17) is 5.73 Å². The number of halogens is 2. The van der Waals surface area contributed by atoms with Crippen LogP contribution in [0.1, 0.15) is 19.3 Å². The van der Waals surface area contributed by atoms with Crippen molar-refractivity contribution in [3.8, 4) is 0 Å². The summed E-state index contributed by atoms with van der Waals surface area (Å²) in [5.41, 5.74) is 5.72. The van der Waals surface area contributed by atoms with Crippen molar-refractivity contribution in [2.24, 2.45) is 5.73 Å². The molecule has 0 aliphatic carbocycles. The predicted octanol–water partition coefficient (Wildman–Crippen LogP) is 1.69. The van der Waals surface area contributed by atoms with Gasteiger partial charge in [0.25, 0.3) is 0 Å². The van der Waals surface area contributed by atoms with Gasteiger partial charge in [-0.3, -0.25) is 0 Å². The highest BCUT2D eigenvalue weighted by molar-refractivity contribution is 8.93. The first-order chi connectivity index (χ1) is 12.4. The average molecular weight is 509 g/mol. The molecule has 0 atom stereocenters. The number of unbranched alkanes of at least 4 members (excludes halogenated alkanes) is 2. The zero-order chi connectivity index (χ0) is 17.4. The van der Waals surface area contributed by atoms with E-state index in [0.717, 1.165) is 13.0 Å². The van der Waals surface area contributed by atoms with Gasteiger partial charge in [-0.2, -0.15) is 0 Å². The average Bonchev–Trinajstić information content (AvgIpc) is 2.70. The van der Waals surface area contributed by atoms with Crippen LogP contribution in [0.2, 0.25) is 0 Å². The Labute approximate surface area is 185 Å². The topological polar surface area (TPSA) is 26.0 Å². The summed E-state index contributed by atoms with van der Waals surface area (Å²) in [6.07, 6.45) is 4.72. The quantitative estimate of drug-likeness (QED) is 0.363. The fraction of sp³-hybridized carbons (Fsp3) is 0.217. The van der Waals surface area contributed by atoms with Crippen LogP contribution in [0, 0.1) is 0 Å². The highest BCUT2D eigenvalue weighted by Crippen LogP contribution is 2.55. The number of hydrogen-bond acceptors (Lipinski definition) is 1. The summed E-state index contributed by atoms with van der Waals surface area (Å²) in [4.78, 5) is 0. The van der Waals surface area contributed by atoms with Crippen LogP contribution in [0.5, 0.6) is 0 Å². The molecule has 0 aliphatic rings. The van der Waals surface area contributed by atoms with Crippen LogP contribution < -0.4 is 38.6 Å². The van der Waals surface area contributed by atoms with Crippen LogP contribution in [0.4, 0.5) is 0 Å². The fourth-order valence-corrected chi connectivity index (χ4v) is 7.96. The van der Waals surface area contributed by atoms with Crippen LogP contribution in [-0.4, -0.2) is 12.7 Å². The molecule has 3 rings (SSSR count). The van der Waals surface area contributed by atoms with Crippen molar-refractivity contribution in [3.05, 3.63) is 91.0 Å². The summed E-state index contributed by atoms with van der Waals surface area (Å²) in [6.45, 7) is 0.785. The van der Waals surface area contributed by atoms with E-state index < -0.39 is 7.26 Å². The van der Waals surface area contributed by atoms with Crippen molar-refractivity contribution in [2.75, 3.05) is 12.7 Å². The largest absolute Gasteiger partial charge is 1.00 e. The molecule has 144 valence electrons. The summed E-state index contributed by atoms with van der Waals surface area (Å²) in [5.74, 6) is 0. The molecule has 2 N–H and O–H groups in total. The Balaban J connectivity index is 0.00000182. The lowest BCUT2D eigenvalue weighted by molar-refractivity contribution is -0.00000512. The third-order valence-electron chi connectivity index (χ3n) is 4.79. The maximum absolute atomic E-state index is 5.72. The van der Waals surface area contributed by atoms with Gasteiger partial charge in [-0.1, -0.05) is 54.6 Å². The lowest BCUT2D eigenvalue weighted by Crippen LogP contribution is -3.00. The third kappa shape index (κ3) is 5.74. The second-order valence-electron chi connectivity index (χ2n) is 6.39. The summed E-state index contributed by atoms with van der Waals surface area (Å²) >= 11 is 0. The Hall–Kier alpha value is -0.990. The van der Waals surface area contributed by atoms with Crippen molar-refractivity contribution >= 4 is 40.2 Å². The van der Waals surface area contributed by atoms with Gasteiger partial charge < -0.3 is 22.7 Å². The Morgan fingerprint density at radius 2 is 0.926 bits per heavy atom. The van der Waals surface area contributed by atoms with Gasteiger partial charge in [0, 0.05) is 0 Å². The molecule has 0 amide bonds. The van der Waals surface area contributed by atoms with E-state index in [0.29, 0.717) is 0 Å². The molecule has 0 aromatic heterocycles. The van der Waals surface area contributed by atoms with E-state index in [1.165, 1.54) is 34.9 Å². The van der Waals surface area contributed by atoms with Gasteiger partial charge in [-0.05, 0) is 62.2 Å². The minimum atomic E-state index is -1.63. The smallest absolute Gasteiger partial charge is 0.112 e. The van der Waals surface area contributed by atoms with E-state index in [1.54, 1.807) is 0 Å².